The average Bonchev–Trinajstić information content (AvgIpc) is 2.76. The van der Waals surface area contributed by atoms with E-state index in [2.05, 4.69) is 27.2 Å². The van der Waals surface area contributed by atoms with Crippen LogP contribution in [0.1, 0.15) is 26.2 Å². The quantitative estimate of drug-likeness (QED) is 0.838. The predicted octanol–water partition coefficient (Wildman–Crippen LogP) is 1.55. The standard InChI is InChI=1S/C11H19N5OS/c1-3-18-8-6-4-5-7(8)13-10-14-9(12)15-11(16-10)17-2/h7-8H,3-6H2,1-2H3,(H3,12,13,14,15,16). The van der Waals surface area contributed by atoms with Crippen LogP contribution in [0, 0.1) is 0 Å². The summed E-state index contributed by atoms with van der Waals surface area (Å²) < 4.78 is 4.99. The number of thioether (sulfide) groups is 1. The Balaban J connectivity index is 2.06. The Hall–Kier alpha value is -1.24. The van der Waals surface area contributed by atoms with Crippen LogP contribution in [0.3, 0.4) is 0 Å². The molecule has 1 aromatic heterocycles. The Morgan fingerprint density at radius 3 is 2.94 bits per heavy atom. The summed E-state index contributed by atoms with van der Waals surface area (Å²) in [6.45, 7) is 2.18. The summed E-state index contributed by atoms with van der Waals surface area (Å²) in [6.07, 6.45) is 3.63. The van der Waals surface area contributed by atoms with Gasteiger partial charge in [-0.25, -0.2) is 0 Å². The smallest absolute Gasteiger partial charge is 0.322 e. The molecule has 2 unspecified atom stereocenters. The Morgan fingerprint density at radius 2 is 2.22 bits per heavy atom. The van der Waals surface area contributed by atoms with Crippen molar-refractivity contribution >= 4 is 23.7 Å². The van der Waals surface area contributed by atoms with E-state index in [1.807, 2.05) is 11.8 Å². The lowest BCUT2D eigenvalue weighted by Crippen LogP contribution is -2.27. The van der Waals surface area contributed by atoms with E-state index in [0.717, 1.165) is 12.2 Å². The number of nitrogen functional groups attached to an aromatic ring is 1. The number of hydrogen-bond donors (Lipinski definition) is 2. The van der Waals surface area contributed by atoms with Crippen LogP contribution in [0.25, 0.3) is 0 Å². The fraction of sp³-hybridized carbons (Fsp3) is 0.727. The molecule has 0 amide bonds. The SMILES string of the molecule is CCSC1CCCC1Nc1nc(N)nc(OC)n1. The van der Waals surface area contributed by atoms with Crippen molar-refractivity contribution in [1.29, 1.82) is 0 Å². The summed E-state index contributed by atoms with van der Waals surface area (Å²) in [5.74, 6) is 1.82. The van der Waals surface area contributed by atoms with Gasteiger partial charge in [0.2, 0.25) is 11.9 Å². The zero-order valence-electron chi connectivity index (χ0n) is 10.7. The van der Waals surface area contributed by atoms with Gasteiger partial charge in [-0.15, -0.1) is 0 Å². The van der Waals surface area contributed by atoms with Gasteiger partial charge in [0, 0.05) is 11.3 Å². The lowest BCUT2D eigenvalue weighted by Gasteiger charge is -2.20. The molecule has 0 aromatic carbocycles. The van der Waals surface area contributed by atoms with Crippen molar-refractivity contribution < 1.29 is 4.74 Å². The summed E-state index contributed by atoms with van der Waals surface area (Å²) in [7, 11) is 1.52. The molecule has 1 aliphatic rings. The first kappa shape index (κ1) is 13.2. The second-order valence-corrected chi connectivity index (χ2v) is 5.70. The van der Waals surface area contributed by atoms with E-state index in [-0.39, 0.29) is 12.0 Å². The van der Waals surface area contributed by atoms with Gasteiger partial charge >= 0.3 is 6.01 Å². The highest BCUT2D eigenvalue weighted by atomic mass is 32.2. The molecular weight excluding hydrogens is 250 g/mol. The van der Waals surface area contributed by atoms with Crippen molar-refractivity contribution in [3.63, 3.8) is 0 Å². The molecule has 1 saturated carbocycles. The molecule has 1 fully saturated rings. The molecule has 1 aliphatic carbocycles. The Morgan fingerprint density at radius 1 is 1.39 bits per heavy atom. The maximum atomic E-state index is 5.62. The van der Waals surface area contributed by atoms with Crippen LogP contribution < -0.4 is 15.8 Å². The number of ether oxygens (including phenoxy) is 1. The van der Waals surface area contributed by atoms with Crippen molar-refractivity contribution in [2.75, 3.05) is 23.9 Å². The highest BCUT2D eigenvalue weighted by Crippen LogP contribution is 2.31. The van der Waals surface area contributed by atoms with Crippen molar-refractivity contribution in [1.82, 2.24) is 15.0 Å². The Bertz CT molecular complexity index is 403. The first-order chi connectivity index (χ1) is 8.72. The number of nitrogens with zero attached hydrogens (tertiary/aromatic N) is 3. The molecule has 2 atom stereocenters. The third kappa shape index (κ3) is 3.16. The van der Waals surface area contributed by atoms with E-state index >= 15 is 0 Å². The van der Waals surface area contributed by atoms with Gasteiger partial charge < -0.3 is 15.8 Å². The van der Waals surface area contributed by atoms with Crippen LogP contribution >= 0.6 is 11.8 Å². The Kier molecular flexibility index (Phi) is 4.46. The minimum atomic E-state index is 0.182. The van der Waals surface area contributed by atoms with Gasteiger partial charge in [-0.1, -0.05) is 13.3 Å². The van der Waals surface area contributed by atoms with Gasteiger partial charge in [0.05, 0.1) is 7.11 Å². The predicted molar refractivity (Wildman–Crippen MR) is 74.0 cm³/mol. The third-order valence-corrected chi connectivity index (χ3v) is 4.29. The molecule has 2 rings (SSSR count). The second-order valence-electron chi connectivity index (χ2n) is 4.18. The third-order valence-electron chi connectivity index (χ3n) is 2.96. The zero-order chi connectivity index (χ0) is 13.0. The summed E-state index contributed by atoms with van der Waals surface area (Å²) in [5.41, 5.74) is 5.62. The van der Waals surface area contributed by atoms with Gasteiger partial charge in [-0.3, -0.25) is 0 Å². The Labute approximate surface area is 111 Å². The topological polar surface area (TPSA) is 86.0 Å². The minimum absolute atomic E-state index is 0.182. The maximum Gasteiger partial charge on any atom is 0.322 e. The fourth-order valence-electron chi connectivity index (χ4n) is 2.20. The molecule has 1 aromatic rings. The molecule has 100 valence electrons. The number of methoxy groups -OCH3 is 1. The molecule has 7 heteroatoms. The molecule has 0 aliphatic heterocycles. The summed E-state index contributed by atoms with van der Waals surface area (Å²) in [6, 6.07) is 0.657. The fourth-order valence-corrected chi connectivity index (χ4v) is 3.40. The highest BCUT2D eigenvalue weighted by molar-refractivity contribution is 7.99. The van der Waals surface area contributed by atoms with Crippen LogP contribution in [0.15, 0.2) is 0 Å². The molecular formula is C11H19N5OS. The molecule has 1 heterocycles. The van der Waals surface area contributed by atoms with Crippen molar-refractivity contribution in [2.45, 2.75) is 37.5 Å². The van der Waals surface area contributed by atoms with Gasteiger partial charge in [-0.2, -0.15) is 26.7 Å². The van der Waals surface area contributed by atoms with Crippen LogP contribution in [0.2, 0.25) is 0 Å². The number of nitrogens with two attached hydrogens (primary N) is 1. The number of anilines is 2. The van der Waals surface area contributed by atoms with E-state index < -0.39 is 0 Å². The molecule has 6 nitrogen and oxygen atoms in total. The van der Waals surface area contributed by atoms with Crippen molar-refractivity contribution in [3.05, 3.63) is 0 Å². The van der Waals surface area contributed by atoms with E-state index in [4.69, 9.17) is 10.5 Å². The average molecular weight is 269 g/mol. The number of hydrogen-bond acceptors (Lipinski definition) is 7. The van der Waals surface area contributed by atoms with Gasteiger partial charge in [0.15, 0.2) is 0 Å². The van der Waals surface area contributed by atoms with Crippen LogP contribution in [-0.2, 0) is 0 Å². The first-order valence-corrected chi connectivity index (χ1v) is 7.21. The molecule has 0 radical (unpaired) electrons. The summed E-state index contributed by atoms with van der Waals surface area (Å²) >= 11 is 1.98. The van der Waals surface area contributed by atoms with Gasteiger partial charge in [0.25, 0.3) is 0 Å². The molecule has 18 heavy (non-hydrogen) atoms. The van der Waals surface area contributed by atoms with Crippen molar-refractivity contribution in [2.24, 2.45) is 0 Å². The highest BCUT2D eigenvalue weighted by Gasteiger charge is 2.27. The number of aromatic nitrogens is 3. The second kappa shape index (κ2) is 6.08. The zero-order valence-corrected chi connectivity index (χ0v) is 11.5. The van der Waals surface area contributed by atoms with Crippen LogP contribution in [-0.4, -0.2) is 39.1 Å². The van der Waals surface area contributed by atoms with E-state index in [9.17, 15) is 0 Å². The minimum Gasteiger partial charge on any atom is -0.467 e. The lowest BCUT2D eigenvalue weighted by atomic mass is 10.2. The molecule has 3 N–H and O–H groups in total. The van der Waals surface area contributed by atoms with E-state index in [1.165, 1.54) is 20.0 Å². The molecule has 0 bridgehead atoms. The van der Waals surface area contributed by atoms with Crippen molar-refractivity contribution in [3.8, 4) is 6.01 Å². The molecule has 0 spiro atoms. The summed E-state index contributed by atoms with van der Waals surface area (Å²) in [4.78, 5) is 12.1. The number of rotatable bonds is 5. The maximum absolute atomic E-state index is 5.62. The molecule has 0 saturated heterocycles. The largest absolute Gasteiger partial charge is 0.467 e. The van der Waals surface area contributed by atoms with Gasteiger partial charge in [0.1, 0.15) is 0 Å². The normalized spacial score (nSPS) is 23.0. The monoisotopic (exact) mass is 269 g/mol. The lowest BCUT2D eigenvalue weighted by molar-refractivity contribution is 0.379. The first-order valence-electron chi connectivity index (χ1n) is 6.16. The van der Waals surface area contributed by atoms with E-state index in [1.54, 1.807) is 0 Å². The van der Waals surface area contributed by atoms with Gasteiger partial charge in [-0.05, 0) is 18.6 Å². The van der Waals surface area contributed by atoms with Crippen LogP contribution in [0.5, 0.6) is 6.01 Å². The van der Waals surface area contributed by atoms with Crippen LogP contribution in [0.4, 0.5) is 11.9 Å². The van der Waals surface area contributed by atoms with E-state index in [0.29, 0.717) is 17.2 Å². The number of nitrogens with one attached hydrogen (secondary N) is 1. The summed E-state index contributed by atoms with van der Waals surface area (Å²) in [5, 5.41) is 3.97.